The Kier molecular flexibility index (Phi) is 7.45. The third-order valence-electron chi connectivity index (χ3n) is 2.96. The van der Waals surface area contributed by atoms with Crippen molar-refractivity contribution in [1.82, 2.24) is 0 Å². The Hall–Kier alpha value is -0.520. The second-order valence-electron chi connectivity index (χ2n) is 5.80. The molecule has 0 atom stereocenters. The summed E-state index contributed by atoms with van der Waals surface area (Å²) in [7, 11) is 0. The van der Waals surface area contributed by atoms with E-state index in [0.29, 0.717) is 5.41 Å². The van der Waals surface area contributed by atoms with E-state index in [0.717, 1.165) is 6.42 Å². The molecular formula is C16H30. The van der Waals surface area contributed by atoms with Crippen molar-refractivity contribution in [3.8, 4) is 0 Å². The van der Waals surface area contributed by atoms with Gasteiger partial charge in [-0.2, -0.15) is 0 Å². The maximum absolute atomic E-state index is 2.43. The monoisotopic (exact) mass is 222 g/mol. The van der Waals surface area contributed by atoms with Gasteiger partial charge in [0.15, 0.2) is 0 Å². The maximum atomic E-state index is 2.43. The van der Waals surface area contributed by atoms with Crippen molar-refractivity contribution < 1.29 is 0 Å². The summed E-state index contributed by atoms with van der Waals surface area (Å²) in [5, 5.41) is 0. The Morgan fingerprint density at radius 1 is 1.00 bits per heavy atom. The average molecular weight is 222 g/mol. The van der Waals surface area contributed by atoms with Gasteiger partial charge in [-0.25, -0.2) is 0 Å². The van der Waals surface area contributed by atoms with Crippen molar-refractivity contribution in [2.24, 2.45) is 5.41 Å². The highest BCUT2D eigenvalue weighted by atomic mass is 14.2. The van der Waals surface area contributed by atoms with Gasteiger partial charge in [0.2, 0.25) is 0 Å². The second-order valence-corrected chi connectivity index (χ2v) is 5.80. The van der Waals surface area contributed by atoms with Gasteiger partial charge in [0.05, 0.1) is 0 Å². The molecule has 0 aliphatic carbocycles. The van der Waals surface area contributed by atoms with Gasteiger partial charge in [-0.15, -0.1) is 0 Å². The van der Waals surface area contributed by atoms with Crippen LogP contribution in [0.2, 0.25) is 0 Å². The molecule has 0 bridgehead atoms. The molecule has 0 saturated carbocycles. The zero-order valence-corrected chi connectivity index (χ0v) is 12.2. The third kappa shape index (κ3) is 7.73. The van der Waals surface area contributed by atoms with Gasteiger partial charge >= 0.3 is 0 Å². The van der Waals surface area contributed by atoms with Crippen molar-refractivity contribution in [3.05, 3.63) is 23.3 Å². The molecule has 0 heterocycles. The fourth-order valence-corrected chi connectivity index (χ4v) is 2.19. The topological polar surface area (TPSA) is 0 Å². The van der Waals surface area contributed by atoms with E-state index in [-0.39, 0.29) is 0 Å². The van der Waals surface area contributed by atoms with Crippen molar-refractivity contribution in [2.45, 2.75) is 73.6 Å². The first-order chi connectivity index (χ1) is 7.41. The summed E-state index contributed by atoms with van der Waals surface area (Å²) in [5.41, 5.74) is 3.49. The lowest BCUT2D eigenvalue weighted by Gasteiger charge is -2.24. The van der Waals surface area contributed by atoms with E-state index >= 15 is 0 Å². The summed E-state index contributed by atoms with van der Waals surface area (Å²) < 4.78 is 0. The molecule has 0 radical (unpaired) electrons. The smallest absolute Gasteiger partial charge is 0.0268 e. The van der Waals surface area contributed by atoms with Crippen LogP contribution in [0.5, 0.6) is 0 Å². The Labute approximate surface area is 103 Å². The summed E-state index contributed by atoms with van der Waals surface area (Å²) in [6, 6.07) is 0. The van der Waals surface area contributed by atoms with E-state index in [4.69, 9.17) is 0 Å². The molecule has 0 aromatic rings. The highest BCUT2D eigenvalue weighted by Gasteiger charge is 2.16. The van der Waals surface area contributed by atoms with Crippen LogP contribution in [0.1, 0.15) is 73.6 Å². The number of rotatable bonds is 7. The second kappa shape index (κ2) is 7.70. The molecule has 0 fully saturated rings. The van der Waals surface area contributed by atoms with Crippen molar-refractivity contribution in [3.63, 3.8) is 0 Å². The highest BCUT2D eigenvalue weighted by molar-refractivity contribution is 5.05. The van der Waals surface area contributed by atoms with Crippen LogP contribution in [0, 0.1) is 5.41 Å². The van der Waals surface area contributed by atoms with Crippen molar-refractivity contribution in [2.75, 3.05) is 0 Å². The molecular weight excluding hydrogens is 192 g/mol. The molecule has 0 heteroatoms. The van der Waals surface area contributed by atoms with Crippen LogP contribution in [0.3, 0.4) is 0 Å². The van der Waals surface area contributed by atoms with Crippen LogP contribution in [0.15, 0.2) is 23.3 Å². The molecule has 0 amide bonds. The van der Waals surface area contributed by atoms with Crippen molar-refractivity contribution in [1.29, 1.82) is 0 Å². The minimum absolute atomic E-state index is 0.407. The molecule has 94 valence electrons. The van der Waals surface area contributed by atoms with Crippen LogP contribution >= 0.6 is 0 Å². The number of hydrogen-bond donors (Lipinski definition) is 0. The predicted molar refractivity (Wildman–Crippen MR) is 75.7 cm³/mol. The third-order valence-corrected chi connectivity index (χ3v) is 2.96. The highest BCUT2D eigenvalue weighted by Crippen LogP contribution is 2.30. The van der Waals surface area contributed by atoms with Crippen molar-refractivity contribution >= 4 is 0 Å². The van der Waals surface area contributed by atoms with Crippen LogP contribution in [0.4, 0.5) is 0 Å². The first kappa shape index (κ1) is 15.5. The van der Waals surface area contributed by atoms with Crippen LogP contribution < -0.4 is 0 Å². The van der Waals surface area contributed by atoms with Crippen LogP contribution in [-0.4, -0.2) is 0 Å². The molecule has 0 aromatic heterocycles. The summed E-state index contributed by atoms with van der Waals surface area (Å²) in [6.07, 6.45) is 10.9. The molecule has 0 saturated heterocycles. The van der Waals surface area contributed by atoms with E-state index in [1.165, 1.54) is 31.3 Å². The lowest BCUT2D eigenvalue weighted by Crippen LogP contribution is -2.10. The van der Waals surface area contributed by atoms with Gasteiger partial charge in [0.25, 0.3) is 0 Å². The van der Waals surface area contributed by atoms with Crippen LogP contribution in [-0.2, 0) is 0 Å². The molecule has 0 aromatic carbocycles. The predicted octanol–water partition coefficient (Wildman–Crippen LogP) is 5.90. The van der Waals surface area contributed by atoms with Gasteiger partial charge in [-0.05, 0) is 44.9 Å². The fraction of sp³-hybridized carbons (Fsp3) is 0.750. The molecule has 0 aliphatic heterocycles. The van der Waals surface area contributed by atoms with Gasteiger partial charge in [0.1, 0.15) is 0 Å². The van der Waals surface area contributed by atoms with E-state index < -0.39 is 0 Å². The Morgan fingerprint density at radius 3 is 2.12 bits per heavy atom. The van der Waals surface area contributed by atoms with Gasteiger partial charge < -0.3 is 0 Å². The molecule has 0 nitrogen and oxygen atoms in total. The molecule has 16 heavy (non-hydrogen) atoms. The minimum Gasteiger partial charge on any atom is -0.0859 e. The fourth-order valence-electron chi connectivity index (χ4n) is 2.19. The maximum Gasteiger partial charge on any atom is -0.0268 e. The largest absolute Gasteiger partial charge is 0.0859 e. The lowest BCUT2D eigenvalue weighted by atomic mass is 9.82. The normalized spacial score (nSPS) is 14.4. The van der Waals surface area contributed by atoms with Gasteiger partial charge in [0, 0.05) is 0 Å². The summed E-state index contributed by atoms with van der Waals surface area (Å²) in [5.74, 6) is 0. The standard InChI is InChI=1S/C16H30/c1-7-9-14(3)11-12-16(5,6)13-15(4)10-8-2/h10-11H,7-9,12-13H2,1-6H3/b14-11+,15-10+. The van der Waals surface area contributed by atoms with E-state index in [1.807, 2.05) is 0 Å². The van der Waals surface area contributed by atoms with E-state index in [2.05, 4.69) is 53.7 Å². The zero-order chi connectivity index (χ0) is 12.6. The zero-order valence-electron chi connectivity index (χ0n) is 12.2. The molecule has 0 spiro atoms. The molecule has 0 aliphatic rings. The lowest BCUT2D eigenvalue weighted by molar-refractivity contribution is 0.366. The number of allylic oxidation sites excluding steroid dienone is 4. The Morgan fingerprint density at radius 2 is 1.62 bits per heavy atom. The van der Waals surface area contributed by atoms with Gasteiger partial charge in [-0.1, -0.05) is 57.4 Å². The quantitative estimate of drug-likeness (QED) is 0.471. The molecule has 0 unspecified atom stereocenters. The van der Waals surface area contributed by atoms with Gasteiger partial charge in [-0.3, -0.25) is 0 Å². The molecule has 0 N–H and O–H groups in total. The Balaban J connectivity index is 4.24. The number of hydrogen-bond acceptors (Lipinski definition) is 0. The van der Waals surface area contributed by atoms with E-state index in [1.54, 1.807) is 5.57 Å². The Bertz CT molecular complexity index is 241. The van der Waals surface area contributed by atoms with Crippen LogP contribution in [0.25, 0.3) is 0 Å². The average Bonchev–Trinajstić information content (AvgIpc) is 2.15. The van der Waals surface area contributed by atoms with E-state index in [9.17, 15) is 0 Å². The molecule has 0 rings (SSSR count). The minimum atomic E-state index is 0.407. The summed E-state index contributed by atoms with van der Waals surface area (Å²) in [4.78, 5) is 0. The first-order valence-corrected chi connectivity index (χ1v) is 6.72. The SMILES string of the molecule is CC/C=C(\C)CC(C)(C)C/C=C(\C)CCC. The summed E-state index contributed by atoms with van der Waals surface area (Å²) in [6.45, 7) is 13.7. The summed E-state index contributed by atoms with van der Waals surface area (Å²) >= 11 is 0. The first-order valence-electron chi connectivity index (χ1n) is 6.72.